The molecule has 0 aliphatic rings. The SMILES string of the molecule is Cc1ccsc1C=NNC(=O)Cc1c(C)[nH][nH]c1=O. The van der Waals surface area contributed by atoms with E-state index in [0.717, 1.165) is 10.4 Å². The maximum Gasteiger partial charge on any atom is 0.267 e. The number of nitrogens with zero attached hydrogens (tertiary/aromatic N) is 1. The number of rotatable bonds is 4. The second-order valence-electron chi connectivity index (χ2n) is 4.12. The van der Waals surface area contributed by atoms with Gasteiger partial charge in [-0.1, -0.05) is 0 Å². The van der Waals surface area contributed by atoms with Gasteiger partial charge in [-0.3, -0.25) is 14.7 Å². The van der Waals surface area contributed by atoms with Crippen LogP contribution in [0.3, 0.4) is 0 Å². The van der Waals surface area contributed by atoms with Gasteiger partial charge < -0.3 is 5.10 Å². The molecule has 0 bridgehead atoms. The van der Waals surface area contributed by atoms with E-state index in [-0.39, 0.29) is 17.9 Å². The van der Waals surface area contributed by atoms with Crippen LogP contribution in [0.5, 0.6) is 0 Å². The smallest absolute Gasteiger partial charge is 0.267 e. The summed E-state index contributed by atoms with van der Waals surface area (Å²) in [6.45, 7) is 3.71. The van der Waals surface area contributed by atoms with Crippen molar-refractivity contribution < 1.29 is 4.79 Å². The summed E-state index contributed by atoms with van der Waals surface area (Å²) in [4.78, 5) is 24.0. The third kappa shape index (κ3) is 3.19. The second-order valence-corrected chi connectivity index (χ2v) is 5.07. The van der Waals surface area contributed by atoms with E-state index in [4.69, 9.17) is 0 Å². The van der Waals surface area contributed by atoms with Crippen molar-refractivity contribution in [2.24, 2.45) is 5.10 Å². The Kier molecular flexibility index (Phi) is 3.96. The molecule has 0 radical (unpaired) electrons. The molecule has 19 heavy (non-hydrogen) atoms. The molecule has 0 saturated carbocycles. The lowest BCUT2D eigenvalue weighted by Crippen LogP contribution is -2.23. The van der Waals surface area contributed by atoms with Crippen LogP contribution in [0, 0.1) is 13.8 Å². The van der Waals surface area contributed by atoms with Crippen molar-refractivity contribution in [3.63, 3.8) is 0 Å². The number of hydrogen-bond acceptors (Lipinski definition) is 4. The highest BCUT2D eigenvalue weighted by atomic mass is 32.1. The van der Waals surface area contributed by atoms with Crippen LogP contribution >= 0.6 is 11.3 Å². The van der Waals surface area contributed by atoms with Gasteiger partial charge in [0.15, 0.2) is 0 Å². The zero-order chi connectivity index (χ0) is 13.8. The van der Waals surface area contributed by atoms with Gasteiger partial charge in [0.2, 0.25) is 5.91 Å². The van der Waals surface area contributed by atoms with Crippen LogP contribution in [0.2, 0.25) is 0 Å². The van der Waals surface area contributed by atoms with Crippen molar-refractivity contribution in [2.45, 2.75) is 20.3 Å². The Labute approximate surface area is 113 Å². The monoisotopic (exact) mass is 278 g/mol. The van der Waals surface area contributed by atoms with Crippen LogP contribution in [-0.2, 0) is 11.2 Å². The lowest BCUT2D eigenvalue weighted by molar-refractivity contribution is -0.120. The van der Waals surface area contributed by atoms with Gasteiger partial charge in [-0.05, 0) is 30.9 Å². The second kappa shape index (κ2) is 5.66. The van der Waals surface area contributed by atoms with Gasteiger partial charge in [-0.25, -0.2) is 5.43 Å². The molecule has 0 atom stereocenters. The quantitative estimate of drug-likeness (QED) is 0.577. The molecule has 2 aromatic heterocycles. The molecule has 0 saturated heterocycles. The van der Waals surface area contributed by atoms with Crippen molar-refractivity contribution in [3.05, 3.63) is 43.5 Å². The van der Waals surface area contributed by atoms with E-state index in [1.807, 2.05) is 18.4 Å². The van der Waals surface area contributed by atoms with Crippen molar-refractivity contribution in [1.29, 1.82) is 0 Å². The van der Waals surface area contributed by atoms with Gasteiger partial charge >= 0.3 is 0 Å². The first-order chi connectivity index (χ1) is 9.08. The first-order valence-electron chi connectivity index (χ1n) is 5.70. The fourth-order valence-electron chi connectivity index (χ4n) is 1.56. The highest BCUT2D eigenvalue weighted by molar-refractivity contribution is 7.11. The molecule has 0 unspecified atom stereocenters. The number of hydrogen-bond donors (Lipinski definition) is 3. The van der Waals surface area contributed by atoms with Gasteiger partial charge in [0.1, 0.15) is 0 Å². The fraction of sp³-hybridized carbons (Fsp3) is 0.250. The number of H-pyrrole nitrogens is 2. The predicted octanol–water partition coefficient (Wildman–Crippen LogP) is 1.07. The topological polar surface area (TPSA) is 90.1 Å². The molecule has 1 amide bonds. The molecule has 0 aliphatic heterocycles. The molecule has 6 nitrogen and oxygen atoms in total. The number of carbonyl (C=O) groups excluding carboxylic acids is 1. The lowest BCUT2D eigenvalue weighted by Gasteiger charge is -1.97. The number of aromatic nitrogens is 2. The molecule has 0 spiro atoms. The van der Waals surface area contributed by atoms with Crippen molar-refractivity contribution in [2.75, 3.05) is 0 Å². The van der Waals surface area contributed by atoms with E-state index in [9.17, 15) is 9.59 Å². The summed E-state index contributed by atoms with van der Waals surface area (Å²) in [5, 5.41) is 10.9. The minimum atomic E-state index is -0.321. The Morgan fingerprint density at radius 1 is 1.47 bits per heavy atom. The first kappa shape index (κ1) is 13.3. The Bertz CT molecular complexity index is 665. The summed E-state index contributed by atoms with van der Waals surface area (Å²) in [6.07, 6.45) is 1.61. The molecule has 2 aromatic rings. The third-order valence-corrected chi connectivity index (χ3v) is 3.65. The van der Waals surface area contributed by atoms with Crippen molar-refractivity contribution in [1.82, 2.24) is 15.6 Å². The fourth-order valence-corrected chi connectivity index (χ4v) is 2.35. The largest absolute Gasteiger partial charge is 0.302 e. The molecule has 3 N–H and O–H groups in total. The first-order valence-corrected chi connectivity index (χ1v) is 6.58. The molecular formula is C12H14N4O2S. The van der Waals surface area contributed by atoms with Crippen LogP contribution in [0.25, 0.3) is 0 Å². The summed E-state index contributed by atoms with van der Waals surface area (Å²) in [5.74, 6) is -0.321. The molecule has 2 rings (SSSR count). The van der Waals surface area contributed by atoms with Crippen LogP contribution in [0.1, 0.15) is 21.7 Å². The molecule has 2 heterocycles. The molecule has 0 fully saturated rings. The predicted molar refractivity (Wildman–Crippen MR) is 74.6 cm³/mol. The Hall–Kier alpha value is -2.15. The maximum atomic E-state index is 11.6. The average molecular weight is 278 g/mol. The van der Waals surface area contributed by atoms with Crippen molar-refractivity contribution >= 4 is 23.5 Å². The van der Waals surface area contributed by atoms with Crippen LogP contribution in [0.15, 0.2) is 21.3 Å². The van der Waals surface area contributed by atoms with Gasteiger partial charge in [0.05, 0.1) is 12.6 Å². The van der Waals surface area contributed by atoms with E-state index < -0.39 is 0 Å². The summed E-state index contributed by atoms with van der Waals surface area (Å²) in [5.41, 5.74) is 4.35. The van der Waals surface area contributed by atoms with E-state index in [2.05, 4.69) is 20.7 Å². The minimum Gasteiger partial charge on any atom is -0.302 e. The third-order valence-electron chi connectivity index (χ3n) is 2.70. The van der Waals surface area contributed by atoms with Crippen LogP contribution < -0.4 is 11.0 Å². The number of amides is 1. The van der Waals surface area contributed by atoms with Crippen LogP contribution in [-0.4, -0.2) is 22.3 Å². The van der Waals surface area contributed by atoms with Gasteiger partial charge in [0.25, 0.3) is 5.56 Å². The van der Waals surface area contributed by atoms with Crippen molar-refractivity contribution in [3.8, 4) is 0 Å². The maximum absolute atomic E-state index is 11.6. The average Bonchev–Trinajstić information content (AvgIpc) is 2.90. The Morgan fingerprint density at radius 3 is 2.84 bits per heavy atom. The van der Waals surface area contributed by atoms with Gasteiger partial charge in [0, 0.05) is 16.1 Å². The van der Waals surface area contributed by atoms with Gasteiger partial charge in [-0.15, -0.1) is 11.3 Å². The number of aryl methyl sites for hydroxylation is 2. The Balaban J connectivity index is 1.94. The highest BCUT2D eigenvalue weighted by Crippen LogP contribution is 2.12. The standard InChI is InChI=1S/C12H14N4O2S/c1-7-3-4-19-10(7)6-13-15-11(17)5-9-8(2)14-16-12(9)18/h3-4,6H,5H2,1-2H3,(H,15,17)(H2,14,16,18). The number of thiophene rings is 1. The van der Waals surface area contributed by atoms with E-state index in [1.165, 1.54) is 0 Å². The number of carbonyl (C=O) groups is 1. The summed E-state index contributed by atoms with van der Waals surface area (Å²) in [7, 11) is 0. The summed E-state index contributed by atoms with van der Waals surface area (Å²) < 4.78 is 0. The zero-order valence-electron chi connectivity index (χ0n) is 10.6. The lowest BCUT2D eigenvalue weighted by atomic mass is 10.2. The number of nitrogens with one attached hydrogen (secondary N) is 3. The normalized spacial score (nSPS) is 11.1. The van der Waals surface area contributed by atoms with E-state index in [1.54, 1.807) is 24.5 Å². The molecule has 0 aliphatic carbocycles. The zero-order valence-corrected chi connectivity index (χ0v) is 11.4. The molecular weight excluding hydrogens is 264 g/mol. The number of hydrazone groups is 1. The van der Waals surface area contributed by atoms with E-state index >= 15 is 0 Å². The van der Waals surface area contributed by atoms with Gasteiger partial charge in [-0.2, -0.15) is 5.10 Å². The van der Waals surface area contributed by atoms with E-state index in [0.29, 0.717) is 11.3 Å². The summed E-state index contributed by atoms with van der Waals surface area (Å²) >= 11 is 1.55. The summed E-state index contributed by atoms with van der Waals surface area (Å²) in [6, 6.07) is 1.98. The van der Waals surface area contributed by atoms with Crippen LogP contribution in [0.4, 0.5) is 0 Å². The Morgan fingerprint density at radius 2 is 2.26 bits per heavy atom. The highest BCUT2D eigenvalue weighted by Gasteiger charge is 2.10. The number of aromatic amines is 2. The molecule has 0 aromatic carbocycles. The molecule has 7 heteroatoms. The minimum absolute atomic E-state index is 0.00539. The molecule has 100 valence electrons.